The van der Waals surface area contributed by atoms with Gasteiger partial charge in [-0.05, 0) is 38.1 Å². The molecule has 1 N–H and O–H groups in total. The van der Waals surface area contributed by atoms with Crippen molar-refractivity contribution in [3.63, 3.8) is 0 Å². The zero-order valence-corrected chi connectivity index (χ0v) is 15.2. The molecule has 0 spiro atoms. The van der Waals surface area contributed by atoms with Gasteiger partial charge in [-0.25, -0.2) is 9.97 Å². The highest BCUT2D eigenvalue weighted by Crippen LogP contribution is 2.33. The number of likely N-dealkylation sites (tertiary alicyclic amines) is 1. The summed E-state index contributed by atoms with van der Waals surface area (Å²) in [7, 11) is 0. The molecular formula is C20H22N6O. The molecular weight excluding hydrogens is 340 g/mol. The molecule has 5 heterocycles. The van der Waals surface area contributed by atoms with E-state index in [0.29, 0.717) is 5.69 Å². The van der Waals surface area contributed by atoms with E-state index in [2.05, 4.69) is 36.9 Å². The van der Waals surface area contributed by atoms with Crippen LogP contribution in [0.3, 0.4) is 0 Å². The molecule has 3 aromatic heterocycles. The zero-order chi connectivity index (χ0) is 18.2. The first-order valence-corrected chi connectivity index (χ1v) is 9.57. The van der Waals surface area contributed by atoms with E-state index < -0.39 is 0 Å². The van der Waals surface area contributed by atoms with Crippen LogP contribution in [0.25, 0.3) is 21.9 Å². The number of hydrogen-bond acceptors (Lipinski definition) is 6. The lowest BCUT2D eigenvalue weighted by Crippen LogP contribution is -2.47. The van der Waals surface area contributed by atoms with Crippen LogP contribution >= 0.6 is 0 Å². The van der Waals surface area contributed by atoms with Crippen molar-refractivity contribution in [1.29, 1.82) is 5.26 Å². The monoisotopic (exact) mass is 362 g/mol. The van der Waals surface area contributed by atoms with Crippen molar-refractivity contribution in [2.24, 2.45) is 0 Å². The minimum absolute atomic E-state index is 0.224. The number of anilines is 1. The van der Waals surface area contributed by atoms with E-state index in [1.807, 2.05) is 12.3 Å². The van der Waals surface area contributed by atoms with E-state index in [1.165, 1.54) is 25.9 Å². The Morgan fingerprint density at radius 3 is 3.00 bits per heavy atom. The number of fused-ring (bicyclic) bond motifs is 3. The van der Waals surface area contributed by atoms with Gasteiger partial charge < -0.3 is 19.5 Å². The summed E-state index contributed by atoms with van der Waals surface area (Å²) >= 11 is 0. The van der Waals surface area contributed by atoms with Crippen LogP contribution in [0.5, 0.6) is 0 Å². The first-order valence-electron chi connectivity index (χ1n) is 9.57. The van der Waals surface area contributed by atoms with Crippen molar-refractivity contribution in [1.82, 2.24) is 19.9 Å². The smallest absolute Gasteiger partial charge is 0.141 e. The molecule has 1 atom stereocenters. The summed E-state index contributed by atoms with van der Waals surface area (Å²) in [6.07, 6.45) is 6.38. The van der Waals surface area contributed by atoms with Crippen LogP contribution in [0.2, 0.25) is 0 Å². The van der Waals surface area contributed by atoms with Crippen LogP contribution in [-0.4, -0.2) is 65.3 Å². The number of aromatic nitrogens is 3. The van der Waals surface area contributed by atoms with Crippen molar-refractivity contribution >= 4 is 27.6 Å². The average molecular weight is 362 g/mol. The summed E-state index contributed by atoms with van der Waals surface area (Å²) in [4.78, 5) is 16.9. The first kappa shape index (κ1) is 16.5. The molecule has 0 bridgehead atoms. The van der Waals surface area contributed by atoms with Crippen LogP contribution < -0.4 is 4.90 Å². The predicted molar refractivity (Wildman–Crippen MR) is 104 cm³/mol. The van der Waals surface area contributed by atoms with Gasteiger partial charge >= 0.3 is 0 Å². The molecule has 7 nitrogen and oxygen atoms in total. The molecule has 0 saturated carbocycles. The van der Waals surface area contributed by atoms with E-state index in [1.54, 1.807) is 6.20 Å². The second-order valence-electron chi connectivity index (χ2n) is 7.35. The Kier molecular flexibility index (Phi) is 4.15. The molecule has 7 heteroatoms. The number of hydrogen-bond donors (Lipinski definition) is 1. The fourth-order valence-corrected chi connectivity index (χ4v) is 4.33. The Morgan fingerprint density at radius 2 is 2.15 bits per heavy atom. The van der Waals surface area contributed by atoms with E-state index in [0.717, 1.165) is 53.9 Å². The first-order chi connectivity index (χ1) is 13.3. The van der Waals surface area contributed by atoms with Crippen molar-refractivity contribution in [2.45, 2.75) is 18.9 Å². The van der Waals surface area contributed by atoms with Gasteiger partial charge in [0.15, 0.2) is 0 Å². The van der Waals surface area contributed by atoms with Gasteiger partial charge in [0.05, 0.1) is 35.5 Å². The maximum Gasteiger partial charge on any atom is 0.141 e. The van der Waals surface area contributed by atoms with Gasteiger partial charge in [0.1, 0.15) is 17.4 Å². The van der Waals surface area contributed by atoms with Gasteiger partial charge in [-0.3, -0.25) is 0 Å². The maximum atomic E-state index is 9.23. The summed E-state index contributed by atoms with van der Waals surface area (Å²) in [6, 6.07) is 6.05. The molecule has 0 aromatic carbocycles. The molecule has 0 amide bonds. The number of nitriles is 1. The number of nitrogens with one attached hydrogen (secondary N) is 1. The molecule has 2 aliphatic rings. The van der Waals surface area contributed by atoms with E-state index in [4.69, 9.17) is 4.74 Å². The number of rotatable bonds is 3. The highest BCUT2D eigenvalue weighted by Gasteiger charge is 2.26. The lowest BCUT2D eigenvalue weighted by molar-refractivity contribution is 0.0203. The summed E-state index contributed by atoms with van der Waals surface area (Å²) in [5.41, 5.74) is 3.32. The maximum absolute atomic E-state index is 9.23. The third-order valence-corrected chi connectivity index (χ3v) is 5.61. The SMILES string of the molecule is N#Cc1cc2c(cn1)[nH]c1nccc(N3CCOC(CN4CCCC4)C3)c12. The molecule has 27 heavy (non-hydrogen) atoms. The molecule has 0 aliphatic carbocycles. The van der Waals surface area contributed by atoms with E-state index in [-0.39, 0.29) is 6.10 Å². The van der Waals surface area contributed by atoms with Crippen LogP contribution in [0.15, 0.2) is 24.5 Å². The summed E-state index contributed by atoms with van der Waals surface area (Å²) in [5.74, 6) is 0. The minimum atomic E-state index is 0.224. The van der Waals surface area contributed by atoms with Gasteiger partial charge in [0.25, 0.3) is 0 Å². The lowest BCUT2D eigenvalue weighted by Gasteiger charge is -2.36. The zero-order valence-electron chi connectivity index (χ0n) is 15.2. The number of ether oxygens (including phenoxy) is 1. The van der Waals surface area contributed by atoms with Crippen molar-refractivity contribution in [3.8, 4) is 6.07 Å². The lowest BCUT2D eigenvalue weighted by atomic mass is 10.1. The number of morpholine rings is 1. The van der Waals surface area contributed by atoms with Crippen LogP contribution in [-0.2, 0) is 4.74 Å². The number of nitrogens with zero attached hydrogens (tertiary/aromatic N) is 5. The molecule has 2 fully saturated rings. The quantitative estimate of drug-likeness (QED) is 0.770. The summed E-state index contributed by atoms with van der Waals surface area (Å²) in [6.45, 7) is 5.84. The summed E-state index contributed by atoms with van der Waals surface area (Å²) < 4.78 is 6.05. The minimum Gasteiger partial charge on any atom is -0.373 e. The van der Waals surface area contributed by atoms with Gasteiger partial charge in [0.2, 0.25) is 0 Å². The molecule has 2 aliphatic heterocycles. The molecule has 0 radical (unpaired) electrons. The highest BCUT2D eigenvalue weighted by atomic mass is 16.5. The van der Waals surface area contributed by atoms with Crippen LogP contribution in [0.4, 0.5) is 5.69 Å². The van der Waals surface area contributed by atoms with Gasteiger partial charge in [0, 0.05) is 31.2 Å². The topological polar surface area (TPSA) is 81.1 Å². The van der Waals surface area contributed by atoms with E-state index in [9.17, 15) is 5.26 Å². The largest absolute Gasteiger partial charge is 0.373 e. The Morgan fingerprint density at radius 1 is 1.26 bits per heavy atom. The van der Waals surface area contributed by atoms with Crippen molar-refractivity contribution in [2.75, 3.05) is 44.2 Å². The standard InChI is InChI=1S/C20H22N6O/c21-10-14-9-16-17(11-23-14)24-20-19(16)18(3-4-22-20)26-7-8-27-15(13-26)12-25-5-1-2-6-25/h3-4,9,11,15H,1-2,5-8,12-13H2,(H,22,24). The summed E-state index contributed by atoms with van der Waals surface area (Å²) in [5, 5.41) is 11.3. The number of pyridine rings is 2. The van der Waals surface area contributed by atoms with Crippen molar-refractivity contribution in [3.05, 3.63) is 30.2 Å². The number of H-pyrrole nitrogens is 1. The normalized spacial score (nSPS) is 21.1. The Hall–Kier alpha value is -2.69. The van der Waals surface area contributed by atoms with Gasteiger partial charge in [-0.2, -0.15) is 5.26 Å². The van der Waals surface area contributed by atoms with Gasteiger partial charge in [-0.1, -0.05) is 0 Å². The van der Waals surface area contributed by atoms with Gasteiger partial charge in [-0.15, -0.1) is 0 Å². The van der Waals surface area contributed by atoms with Crippen LogP contribution in [0.1, 0.15) is 18.5 Å². The highest BCUT2D eigenvalue weighted by molar-refractivity contribution is 6.12. The van der Waals surface area contributed by atoms with E-state index >= 15 is 0 Å². The Balaban J connectivity index is 1.50. The third-order valence-electron chi connectivity index (χ3n) is 5.61. The van der Waals surface area contributed by atoms with Crippen LogP contribution in [0, 0.1) is 11.3 Å². The molecule has 1 unspecified atom stereocenters. The van der Waals surface area contributed by atoms with Crippen molar-refractivity contribution < 1.29 is 4.74 Å². The predicted octanol–water partition coefficient (Wildman–Crippen LogP) is 2.28. The fraction of sp³-hybridized carbons (Fsp3) is 0.450. The Labute approximate surface area is 157 Å². The Bertz CT molecular complexity index is 1020. The molecule has 5 rings (SSSR count). The number of aromatic amines is 1. The molecule has 138 valence electrons. The second kappa shape index (κ2) is 6.80. The molecule has 2 saturated heterocycles. The molecule has 3 aromatic rings. The fourth-order valence-electron chi connectivity index (χ4n) is 4.33. The average Bonchev–Trinajstić information content (AvgIpc) is 3.34. The third kappa shape index (κ3) is 3.01. The second-order valence-corrected chi connectivity index (χ2v) is 7.35.